The molecule has 0 bridgehead atoms. The van der Waals surface area contributed by atoms with Gasteiger partial charge in [0.25, 0.3) is 0 Å². The van der Waals surface area contributed by atoms with Crippen LogP contribution in [-0.2, 0) is 10.0 Å². The van der Waals surface area contributed by atoms with Gasteiger partial charge in [0.1, 0.15) is 0 Å². The summed E-state index contributed by atoms with van der Waals surface area (Å²) in [7, 11) is -1.93. The lowest BCUT2D eigenvalue weighted by molar-refractivity contribution is 0.377. The van der Waals surface area contributed by atoms with Gasteiger partial charge in [-0.2, -0.15) is 9.29 Å². The number of benzene rings is 1. The maximum atomic E-state index is 12.9. The number of anilines is 1. The first-order valence-corrected chi connectivity index (χ1v) is 9.55. The quantitative estimate of drug-likeness (QED) is 0.823. The van der Waals surface area contributed by atoms with Crippen molar-refractivity contribution < 1.29 is 13.2 Å². The number of aryl methyl sites for hydroxylation is 2. The van der Waals surface area contributed by atoms with E-state index in [9.17, 15) is 8.42 Å². The van der Waals surface area contributed by atoms with E-state index in [-0.39, 0.29) is 0 Å². The highest BCUT2D eigenvalue weighted by molar-refractivity contribution is 7.89. The summed E-state index contributed by atoms with van der Waals surface area (Å²) in [6.07, 6.45) is 1.64. The second-order valence-electron chi connectivity index (χ2n) is 6.06. The summed E-state index contributed by atoms with van der Waals surface area (Å²) in [6, 6.07) is 7.11. The van der Waals surface area contributed by atoms with E-state index in [1.807, 2.05) is 30.9 Å². The van der Waals surface area contributed by atoms with Crippen molar-refractivity contribution in [2.75, 3.05) is 38.2 Å². The molecule has 0 aliphatic carbocycles. The second-order valence-corrected chi connectivity index (χ2v) is 7.97. The molecule has 0 radical (unpaired) electrons. The Morgan fingerprint density at radius 1 is 1.08 bits per heavy atom. The molecular weight excluding hydrogens is 340 g/mol. The van der Waals surface area contributed by atoms with Crippen LogP contribution in [0.25, 0.3) is 0 Å². The van der Waals surface area contributed by atoms with Gasteiger partial charge in [0.15, 0.2) is 0 Å². The SMILES string of the molecule is COc1ccnc(N2CCN(S(=O)(=O)c3ccc(C)cc3C)CC2)n1. The Bertz CT molecular complexity index is 862. The van der Waals surface area contributed by atoms with Crippen LogP contribution < -0.4 is 9.64 Å². The van der Waals surface area contributed by atoms with Crippen LogP contribution in [0, 0.1) is 13.8 Å². The molecule has 1 aliphatic rings. The highest BCUT2D eigenvalue weighted by Gasteiger charge is 2.30. The molecule has 1 fully saturated rings. The minimum absolute atomic E-state index is 0.379. The predicted molar refractivity (Wildman–Crippen MR) is 95.5 cm³/mol. The lowest BCUT2D eigenvalue weighted by atomic mass is 10.2. The van der Waals surface area contributed by atoms with E-state index in [2.05, 4.69) is 9.97 Å². The maximum Gasteiger partial charge on any atom is 0.243 e. The van der Waals surface area contributed by atoms with Crippen molar-refractivity contribution >= 4 is 16.0 Å². The van der Waals surface area contributed by atoms with Crippen molar-refractivity contribution in [3.8, 4) is 5.88 Å². The number of piperazine rings is 1. The first kappa shape index (κ1) is 17.6. The summed E-state index contributed by atoms with van der Waals surface area (Å²) in [5.74, 6) is 1.05. The standard InChI is InChI=1S/C17H22N4O3S/c1-13-4-5-15(14(2)12-13)25(22,23)21-10-8-20(9-11-21)17-18-7-6-16(19-17)24-3/h4-7,12H,8-11H2,1-3H3. The van der Waals surface area contributed by atoms with Gasteiger partial charge in [-0.15, -0.1) is 0 Å². The molecule has 134 valence electrons. The topological polar surface area (TPSA) is 75.6 Å². The van der Waals surface area contributed by atoms with Gasteiger partial charge in [0, 0.05) is 38.4 Å². The Morgan fingerprint density at radius 2 is 1.80 bits per heavy atom. The monoisotopic (exact) mass is 362 g/mol. The zero-order chi connectivity index (χ0) is 18.0. The number of sulfonamides is 1. The number of hydrogen-bond acceptors (Lipinski definition) is 6. The zero-order valence-corrected chi connectivity index (χ0v) is 15.5. The number of aromatic nitrogens is 2. The van der Waals surface area contributed by atoms with Gasteiger partial charge in [-0.3, -0.25) is 0 Å². The Morgan fingerprint density at radius 3 is 2.44 bits per heavy atom. The van der Waals surface area contributed by atoms with E-state index in [1.54, 1.807) is 25.4 Å². The molecule has 0 N–H and O–H groups in total. The highest BCUT2D eigenvalue weighted by atomic mass is 32.2. The Balaban J connectivity index is 1.75. The lowest BCUT2D eigenvalue weighted by Crippen LogP contribution is -2.49. The van der Waals surface area contributed by atoms with Gasteiger partial charge >= 0.3 is 0 Å². The molecule has 0 amide bonds. The van der Waals surface area contributed by atoms with Crippen LogP contribution in [0.4, 0.5) is 5.95 Å². The molecule has 7 nitrogen and oxygen atoms in total. The minimum Gasteiger partial charge on any atom is -0.481 e. The van der Waals surface area contributed by atoms with Crippen LogP contribution in [0.3, 0.4) is 0 Å². The van der Waals surface area contributed by atoms with Crippen molar-refractivity contribution in [1.29, 1.82) is 0 Å². The summed E-state index contributed by atoms with van der Waals surface area (Å²) in [5, 5.41) is 0. The van der Waals surface area contributed by atoms with E-state index >= 15 is 0 Å². The average molecular weight is 362 g/mol. The molecule has 8 heteroatoms. The molecule has 0 saturated carbocycles. The molecule has 1 aromatic heterocycles. The molecule has 0 spiro atoms. The van der Waals surface area contributed by atoms with E-state index in [0.29, 0.717) is 42.9 Å². The number of hydrogen-bond donors (Lipinski definition) is 0. The third-order valence-corrected chi connectivity index (χ3v) is 6.36. The van der Waals surface area contributed by atoms with Crippen molar-refractivity contribution in [2.24, 2.45) is 0 Å². The molecule has 1 saturated heterocycles. The van der Waals surface area contributed by atoms with Crippen molar-refractivity contribution in [2.45, 2.75) is 18.7 Å². The van der Waals surface area contributed by atoms with Crippen molar-refractivity contribution in [3.63, 3.8) is 0 Å². The highest BCUT2D eigenvalue weighted by Crippen LogP contribution is 2.23. The van der Waals surface area contributed by atoms with Crippen LogP contribution >= 0.6 is 0 Å². The number of rotatable bonds is 4. The first-order valence-electron chi connectivity index (χ1n) is 8.11. The van der Waals surface area contributed by atoms with Crippen molar-refractivity contribution in [3.05, 3.63) is 41.6 Å². The van der Waals surface area contributed by atoms with E-state index < -0.39 is 10.0 Å². The molecule has 3 rings (SSSR count). The van der Waals surface area contributed by atoms with Gasteiger partial charge in [-0.25, -0.2) is 13.4 Å². The van der Waals surface area contributed by atoms with Crippen LogP contribution in [0.15, 0.2) is 35.4 Å². The van der Waals surface area contributed by atoms with Gasteiger partial charge in [-0.1, -0.05) is 17.7 Å². The van der Waals surface area contributed by atoms with E-state index in [1.165, 1.54) is 4.31 Å². The van der Waals surface area contributed by atoms with Crippen LogP contribution in [-0.4, -0.2) is 56.0 Å². The first-order chi connectivity index (χ1) is 11.9. The smallest absolute Gasteiger partial charge is 0.243 e. The molecule has 2 heterocycles. The van der Waals surface area contributed by atoms with Gasteiger partial charge < -0.3 is 9.64 Å². The predicted octanol–water partition coefficient (Wildman–Crippen LogP) is 1.61. The molecule has 25 heavy (non-hydrogen) atoms. The second kappa shape index (κ2) is 6.97. The van der Waals surface area contributed by atoms with Crippen LogP contribution in [0.1, 0.15) is 11.1 Å². The minimum atomic E-state index is -3.49. The normalized spacial score (nSPS) is 16.0. The molecular formula is C17H22N4O3S. The van der Waals surface area contributed by atoms with Crippen LogP contribution in [0.2, 0.25) is 0 Å². The summed E-state index contributed by atoms with van der Waals surface area (Å²) >= 11 is 0. The molecule has 1 aromatic carbocycles. The number of methoxy groups -OCH3 is 1. The zero-order valence-electron chi connectivity index (χ0n) is 14.6. The van der Waals surface area contributed by atoms with Gasteiger partial charge in [0.2, 0.25) is 21.9 Å². The van der Waals surface area contributed by atoms with E-state index in [0.717, 1.165) is 11.1 Å². The third kappa shape index (κ3) is 3.59. The fourth-order valence-corrected chi connectivity index (χ4v) is 4.58. The Kier molecular flexibility index (Phi) is 4.91. The average Bonchev–Trinajstić information content (AvgIpc) is 2.61. The van der Waals surface area contributed by atoms with Gasteiger partial charge in [-0.05, 0) is 25.5 Å². The fraction of sp³-hybridized carbons (Fsp3) is 0.412. The molecule has 0 atom stereocenters. The Hall–Kier alpha value is -2.19. The largest absolute Gasteiger partial charge is 0.481 e. The third-order valence-electron chi connectivity index (χ3n) is 4.30. The summed E-state index contributed by atoms with van der Waals surface area (Å²) < 4.78 is 32.5. The summed E-state index contributed by atoms with van der Waals surface area (Å²) in [6.45, 7) is 5.66. The van der Waals surface area contributed by atoms with Crippen molar-refractivity contribution in [1.82, 2.24) is 14.3 Å². The lowest BCUT2D eigenvalue weighted by Gasteiger charge is -2.34. The van der Waals surface area contributed by atoms with Crippen LogP contribution in [0.5, 0.6) is 5.88 Å². The summed E-state index contributed by atoms with van der Waals surface area (Å²) in [5.41, 5.74) is 1.83. The Labute approximate surface area is 148 Å². The molecule has 1 aliphatic heterocycles. The van der Waals surface area contributed by atoms with Gasteiger partial charge in [0.05, 0.1) is 12.0 Å². The molecule has 0 unspecified atom stereocenters. The number of ether oxygens (including phenoxy) is 1. The summed E-state index contributed by atoms with van der Waals surface area (Å²) in [4.78, 5) is 10.9. The van der Waals surface area contributed by atoms with E-state index in [4.69, 9.17) is 4.74 Å². The number of nitrogens with zero attached hydrogens (tertiary/aromatic N) is 4. The molecule has 2 aromatic rings. The fourth-order valence-electron chi connectivity index (χ4n) is 2.95. The maximum absolute atomic E-state index is 12.9.